The fourth-order valence-corrected chi connectivity index (χ4v) is 3.13. The molecule has 0 aliphatic rings. The van der Waals surface area contributed by atoms with E-state index < -0.39 is 11.5 Å². The van der Waals surface area contributed by atoms with Crippen molar-refractivity contribution in [2.45, 2.75) is 18.9 Å². The van der Waals surface area contributed by atoms with Gasteiger partial charge in [0.2, 0.25) is 0 Å². The van der Waals surface area contributed by atoms with Gasteiger partial charge >= 0.3 is 0 Å². The summed E-state index contributed by atoms with van der Waals surface area (Å²) in [6.45, 7) is 2.62. The molecule has 0 spiro atoms. The third kappa shape index (κ3) is 5.10. The minimum atomic E-state index is -1.88. The monoisotopic (exact) mass is 418 g/mol. The molecule has 31 heavy (non-hydrogen) atoms. The van der Waals surface area contributed by atoms with E-state index >= 15 is 0 Å². The predicted molar refractivity (Wildman–Crippen MR) is 120 cm³/mol. The van der Waals surface area contributed by atoms with Gasteiger partial charge in [-0.3, -0.25) is 4.79 Å². The molecule has 3 aromatic rings. The van der Waals surface area contributed by atoms with Crippen LogP contribution < -0.4 is 14.9 Å². The van der Waals surface area contributed by atoms with Gasteiger partial charge in [-0.1, -0.05) is 67.6 Å². The van der Waals surface area contributed by atoms with Crippen molar-refractivity contribution < 1.29 is 19.4 Å². The molecule has 0 atom stereocenters. The Morgan fingerprint density at radius 3 is 2.16 bits per heavy atom. The normalized spacial score (nSPS) is 11.3. The van der Waals surface area contributed by atoms with Crippen LogP contribution in [0.1, 0.15) is 30.0 Å². The van der Waals surface area contributed by atoms with E-state index in [9.17, 15) is 9.90 Å². The summed E-state index contributed by atoms with van der Waals surface area (Å²) >= 11 is 0. The Kier molecular flexibility index (Phi) is 7.40. The van der Waals surface area contributed by atoms with E-state index in [0.717, 1.165) is 6.42 Å². The van der Waals surface area contributed by atoms with Gasteiger partial charge in [0.1, 0.15) is 0 Å². The molecule has 0 saturated heterocycles. The smallest absolute Gasteiger partial charge is 0.281 e. The van der Waals surface area contributed by atoms with Crippen molar-refractivity contribution in [3.05, 3.63) is 95.6 Å². The van der Waals surface area contributed by atoms with Crippen LogP contribution in [0.3, 0.4) is 0 Å². The van der Waals surface area contributed by atoms with Crippen LogP contribution >= 0.6 is 0 Å². The highest BCUT2D eigenvalue weighted by atomic mass is 16.5. The van der Waals surface area contributed by atoms with Crippen molar-refractivity contribution in [1.29, 1.82) is 0 Å². The van der Waals surface area contributed by atoms with Gasteiger partial charge in [0, 0.05) is 0 Å². The van der Waals surface area contributed by atoms with Gasteiger partial charge in [-0.2, -0.15) is 5.10 Å². The van der Waals surface area contributed by atoms with Crippen molar-refractivity contribution in [1.82, 2.24) is 5.43 Å². The number of amides is 1. The summed E-state index contributed by atoms with van der Waals surface area (Å²) in [5, 5.41) is 15.4. The second kappa shape index (κ2) is 10.4. The maximum absolute atomic E-state index is 13.0. The van der Waals surface area contributed by atoms with Crippen LogP contribution in [0.25, 0.3) is 0 Å². The number of ether oxygens (including phenoxy) is 2. The Morgan fingerprint density at radius 1 is 1.00 bits per heavy atom. The standard InChI is InChI=1S/C25H26N2O4/c1-3-16-31-22-15-14-19(17-23(22)30-2)18-26-27-24(28)25(29,20-10-6-4-7-11-20)21-12-8-5-9-13-21/h4-15,17-18,29H,3,16H2,1-2H3,(H,27,28)/b26-18+. The molecule has 6 nitrogen and oxygen atoms in total. The largest absolute Gasteiger partial charge is 0.493 e. The second-order valence-corrected chi connectivity index (χ2v) is 6.90. The number of nitrogens with one attached hydrogen (secondary N) is 1. The molecule has 0 radical (unpaired) electrons. The minimum Gasteiger partial charge on any atom is -0.493 e. The molecule has 0 saturated carbocycles. The summed E-state index contributed by atoms with van der Waals surface area (Å²) in [6.07, 6.45) is 2.38. The number of carbonyl (C=O) groups excluding carboxylic acids is 1. The van der Waals surface area contributed by atoms with E-state index in [1.807, 2.05) is 25.1 Å². The summed E-state index contributed by atoms with van der Waals surface area (Å²) < 4.78 is 11.0. The van der Waals surface area contributed by atoms with Gasteiger partial charge in [-0.15, -0.1) is 0 Å². The first-order valence-electron chi connectivity index (χ1n) is 10.1. The number of nitrogens with zero attached hydrogens (tertiary/aromatic N) is 1. The van der Waals surface area contributed by atoms with Crippen LogP contribution in [-0.4, -0.2) is 30.9 Å². The molecule has 0 aliphatic heterocycles. The van der Waals surface area contributed by atoms with Crippen molar-refractivity contribution in [2.75, 3.05) is 13.7 Å². The summed E-state index contributed by atoms with van der Waals surface area (Å²) in [5.41, 5.74) is 2.20. The number of rotatable bonds is 9. The molecular weight excluding hydrogens is 392 g/mol. The van der Waals surface area contributed by atoms with Crippen LogP contribution in [0.15, 0.2) is 84.0 Å². The molecule has 0 aliphatic carbocycles. The Morgan fingerprint density at radius 2 is 1.61 bits per heavy atom. The summed E-state index contributed by atoms with van der Waals surface area (Å²) in [5.74, 6) is 0.567. The molecule has 0 heterocycles. The Hall–Kier alpha value is -3.64. The van der Waals surface area contributed by atoms with E-state index in [2.05, 4.69) is 10.5 Å². The van der Waals surface area contributed by atoms with Crippen molar-refractivity contribution in [3.63, 3.8) is 0 Å². The maximum Gasteiger partial charge on any atom is 0.281 e. The van der Waals surface area contributed by atoms with Crippen molar-refractivity contribution in [3.8, 4) is 11.5 Å². The van der Waals surface area contributed by atoms with E-state index in [1.165, 1.54) is 6.21 Å². The number of hydrogen-bond acceptors (Lipinski definition) is 5. The van der Waals surface area contributed by atoms with E-state index in [4.69, 9.17) is 9.47 Å². The number of hydrazone groups is 1. The first-order valence-corrected chi connectivity index (χ1v) is 10.1. The molecule has 6 heteroatoms. The number of benzene rings is 3. The molecule has 0 aromatic heterocycles. The Labute approximate surface area is 182 Å². The highest BCUT2D eigenvalue weighted by Crippen LogP contribution is 2.30. The lowest BCUT2D eigenvalue weighted by atomic mass is 9.85. The van der Waals surface area contributed by atoms with Crippen LogP contribution in [0.2, 0.25) is 0 Å². The molecule has 2 N–H and O–H groups in total. The van der Waals surface area contributed by atoms with Crippen LogP contribution in [0.4, 0.5) is 0 Å². The summed E-state index contributed by atoms with van der Waals surface area (Å²) in [7, 11) is 1.57. The quantitative estimate of drug-likeness (QED) is 0.408. The van der Waals surface area contributed by atoms with E-state index in [0.29, 0.717) is 34.8 Å². The minimum absolute atomic E-state index is 0.452. The lowest BCUT2D eigenvalue weighted by Crippen LogP contribution is -2.43. The Bertz CT molecular complexity index is 981. The second-order valence-electron chi connectivity index (χ2n) is 6.90. The zero-order chi connectivity index (χ0) is 22.1. The summed E-state index contributed by atoms with van der Waals surface area (Å²) in [4.78, 5) is 13.0. The number of carbonyl (C=O) groups is 1. The molecule has 160 valence electrons. The number of hydrogen-bond donors (Lipinski definition) is 2. The molecular formula is C25H26N2O4. The first-order chi connectivity index (χ1) is 15.1. The lowest BCUT2D eigenvalue weighted by molar-refractivity contribution is -0.136. The van der Waals surface area contributed by atoms with E-state index in [1.54, 1.807) is 67.8 Å². The molecule has 3 aromatic carbocycles. The van der Waals surface area contributed by atoms with Gasteiger partial charge in [0.25, 0.3) is 5.91 Å². The molecule has 0 fully saturated rings. The van der Waals surface area contributed by atoms with Crippen LogP contribution in [0, 0.1) is 0 Å². The average molecular weight is 418 g/mol. The van der Waals surface area contributed by atoms with Gasteiger partial charge in [-0.25, -0.2) is 5.43 Å². The fraction of sp³-hybridized carbons (Fsp3) is 0.200. The van der Waals surface area contributed by atoms with Gasteiger partial charge < -0.3 is 14.6 Å². The zero-order valence-corrected chi connectivity index (χ0v) is 17.6. The van der Waals surface area contributed by atoms with Crippen molar-refractivity contribution in [2.24, 2.45) is 5.10 Å². The number of methoxy groups -OCH3 is 1. The predicted octanol–water partition coefficient (Wildman–Crippen LogP) is 3.87. The molecule has 1 amide bonds. The topological polar surface area (TPSA) is 80.2 Å². The zero-order valence-electron chi connectivity index (χ0n) is 17.6. The third-order valence-electron chi connectivity index (χ3n) is 4.74. The highest BCUT2D eigenvalue weighted by molar-refractivity contribution is 5.91. The highest BCUT2D eigenvalue weighted by Gasteiger charge is 2.39. The maximum atomic E-state index is 13.0. The van der Waals surface area contributed by atoms with Gasteiger partial charge in [0.15, 0.2) is 17.1 Å². The SMILES string of the molecule is CCCOc1ccc(/C=N/NC(=O)C(O)(c2ccccc2)c2ccccc2)cc1OC. The van der Waals surface area contributed by atoms with Gasteiger partial charge in [-0.05, 0) is 41.3 Å². The Balaban J connectivity index is 1.81. The first kappa shape index (κ1) is 22.1. The van der Waals surface area contributed by atoms with Crippen LogP contribution in [-0.2, 0) is 10.4 Å². The third-order valence-corrected chi connectivity index (χ3v) is 4.74. The van der Waals surface area contributed by atoms with Gasteiger partial charge in [0.05, 0.1) is 19.9 Å². The lowest BCUT2D eigenvalue weighted by Gasteiger charge is -2.27. The molecule has 3 rings (SSSR count). The van der Waals surface area contributed by atoms with E-state index in [-0.39, 0.29) is 0 Å². The number of aliphatic hydroxyl groups is 1. The molecule has 0 unspecified atom stereocenters. The molecule has 0 bridgehead atoms. The summed E-state index contributed by atoms with van der Waals surface area (Å²) in [6, 6.07) is 22.9. The average Bonchev–Trinajstić information content (AvgIpc) is 2.83. The van der Waals surface area contributed by atoms with Crippen molar-refractivity contribution >= 4 is 12.1 Å². The van der Waals surface area contributed by atoms with Crippen LogP contribution in [0.5, 0.6) is 11.5 Å². The fourth-order valence-electron chi connectivity index (χ4n) is 3.13.